The molecule has 0 saturated heterocycles. The number of hydrogen-bond donors (Lipinski definition) is 2. The Kier molecular flexibility index (Phi) is 3.94. The van der Waals surface area contributed by atoms with Gasteiger partial charge in [-0.15, -0.1) is 0 Å². The Hall–Kier alpha value is -1.88. The molecule has 0 spiro atoms. The van der Waals surface area contributed by atoms with Crippen molar-refractivity contribution in [1.82, 2.24) is 10.3 Å². The molecule has 0 radical (unpaired) electrons. The van der Waals surface area contributed by atoms with Crippen LogP contribution in [0.4, 0.5) is 5.69 Å². The Bertz CT molecular complexity index is 557. The van der Waals surface area contributed by atoms with Crippen molar-refractivity contribution >= 4 is 27.5 Å². The Morgan fingerprint density at radius 3 is 2.83 bits per heavy atom. The molecule has 18 heavy (non-hydrogen) atoms. The van der Waals surface area contributed by atoms with E-state index in [0.29, 0.717) is 17.8 Å². The molecule has 0 aliphatic carbocycles. The van der Waals surface area contributed by atoms with E-state index in [9.17, 15) is 4.79 Å². The van der Waals surface area contributed by atoms with Crippen LogP contribution in [0.25, 0.3) is 0 Å². The normalized spacial score (nSPS) is 10.1. The first-order valence-corrected chi connectivity index (χ1v) is 6.19. The SMILES string of the molecule is Nc1cc(C(=O)NCc2ccccn2)ccc1Br. The highest BCUT2D eigenvalue weighted by molar-refractivity contribution is 9.10. The number of pyridine rings is 1. The zero-order valence-electron chi connectivity index (χ0n) is 9.56. The van der Waals surface area contributed by atoms with Crippen molar-refractivity contribution in [3.05, 3.63) is 58.3 Å². The molecule has 1 aromatic carbocycles. The van der Waals surface area contributed by atoms with Gasteiger partial charge in [0.1, 0.15) is 0 Å². The number of benzene rings is 1. The van der Waals surface area contributed by atoms with Crippen molar-refractivity contribution < 1.29 is 4.79 Å². The number of nitrogens with one attached hydrogen (secondary N) is 1. The van der Waals surface area contributed by atoms with Crippen LogP contribution in [-0.2, 0) is 6.54 Å². The lowest BCUT2D eigenvalue weighted by molar-refractivity contribution is 0.0950. The van der Waals surface area contributed by atoms with Gasteiger partial charge in [0.2, 0.25) is 0 Å². The first kappa shape index (κ1) is 12.6. The molecule has 0 unspecified atom stereocenters. The van der Waals surface area contributed by atoms with Gasteiger partial charge in [-0.1, -0.05) is 6.07 Å². The third-order valence-corrected chi connectivity index (χ3v) is 3.14. The summed E-state index contributed by atoms with van der Waals surface area (Å²) in [5.74, 6) is -0.167. The van der Waals surface area contributed by atoms with E-state index in [-0.39, 0.29) is 5.91 Å². The van der Waals surface area contributed by atoms with E-state index in [1.807, 2.05) is 18.2 Å². The summed E-state index contributed by atoms with van der Waals surface area (Å²) in [7, 11) is 0. The monoisotopic (exact) mass is 305 g/mol. The predicted octanol–water partition coefficient (Wildman–Crippen LogP) is 2.36. The minimum Gasteiger partial charge on any atom is -0.398 e. The quantitative estimate of drug-likeness (QED) is 0.855. The molecule has 1 amide bonds. The summed E-state index contributed by atoms with van der Waals surface area (Å²) in [5.41, 5.74) is 7.62. The van der Waals surface area contributed by atoms with Crippen molar-refractivity contribution in [2.45, 2.75) is 6.54 Å². The Morgan fingerprint density at radius 2 is 2.17 bits per heavy atom. The van der Waals surface area contributed by atoms with E-state index in [1.165, 1.54) is 0 Å². The summed E-state index contributed by atoms with van der Waals surface area (Å²) in [5, 5.41) is 2.79. The van der Waals surface area contributed by atoms with Crippen LogP contribution in [0.2, 0.25) is 0 Å². The van der Waals surface area contributed by atoms with E-state index in [2.05, 4.69) is 26.2 Å². The zero-order chi connectivity index (χ0) is 13.0. The van der Waals surface area contributed by atoms with Crippen LogP contribution < -0.4 is 11.1 Å². The van der Waals surface area contributed by atoms with E-state index in [4.69, 9.17) is 5.73 Å². The maximum Gasteiger partial charge on any atom is 0.251 e. The molecule has 0 saturated carbocycles. The molecule has 0 aliphatic rings. The van der Waals surface area contributed by atoms with Gasteiger partial charge in [0.05, 0.1) is 12.2 Å². The van der Waals surface area contributed by atoms with E-state index in [0.717, 1.165) is 10.2 Å². The number of aromatic nitrogens is 1. The Morgan fingerprint density at radius 1 is 1.33 bits per heavy atom. The zero-order valence-corrected chi connectivity index (χ0v) is 11.1. The summed E-state index contributed by atoms with van der Waals surface area (Å²) < 4.78 is 0.781. The molecule has 4 nitrogen and oxygen atoms in total. The number of carbonyl (C=O) groups excluding carboxylic acids is 1. The maximum absolute atomic E-state index is 11.9. The average molecular weight is 306 g/mol. The summed E-state index contributed by atoms with van der Waals surface area (Å²) in [6.07, 6.45) is 1.69. The van der Waals surface area contributed by atoms with Gasteiger partial charge in [-0.3, -0.25) is 9.78 Å². The number of halogens is 1. The van der Waals surface area contributed by atoms with Gasteiger partial charge in [-0.25, -0.2) is 0 Å². The first-order valence-electron chi connectivity index (χ1n) is 5.40. The minimum atomic E-state index is -0.167. The fraction of sp³-hybridized carbons (Fsp3) is 0.0769. The second-order valence-electron chi connectivity index (χ2n) is 3.74. The van der Waals surface area contributed by atoms with Crippen LogP contribution in [0, 0.1) is 0 Å². The standard InChI is InChI=1S/C13H12BrN3O/c14-11-5-4-9(7-12(11)15)13(18)17-8-10-3-1-2-6-16-10/h1-7H,8,15H2,(H,17,18). The average Bonchev–Trinajstić information content (AvgIpc) is 2.40. The number of anilines is 1. The largest absolute Gasteiger partial charge is 0.398 e. The minimum absolute atomic E-state index is 0.167. The summed E-state index contributed by atoms with van der Waals surface area (Å²) in [4.78, 5) is 16.0. The van der Waals surface area contributed by atoms with Crippen molar-refractivity contribution in [1.29, 1.82) is 0 Å². The van der Waals surface area contributed by atoms with Gasteiger partial charge in [-0.05, 0) is 46.3 Å². The van der Waals surface area contributed by atoms with E-state index in [1.54, 1.807) is 24.4 Å². The first-order chi connectivity index (χ1) is 8.66. The topological polar surface area (TPSA) is 68.0 Å². The summed E-state index contributed by atoms with van der Waals surface area (Å²) in [6.45, 7) is 0.398. The lowest BCUT2D eigenvalue weighted by Crippen LogP contribution is -2.23. The molecule has 5 heteroatoms. The number of nitrogens with two attached hydrogens (primary N) is 1. The molecule has 1 aromatic heterocycles. The third-order valence-electron chi connectivity index (χ3n) is 2.41. The van der Waals surface area contributed by atoms with E-state index < -0.39 is 0 Å². The highest BCUT2D eigenvalue weighted by Gasteiger charge is 2.07. The molecular formula is C13H12BrN3O. The van der Waals surface area contributed by atoms with Crippen LogP contribution in [0.1, 0.15) is 16.1 Å². The Balaban J connectivity index is 2.02. The molecule has 2 rings (SSSR count). The fourth-order valence-corrected chi connectivity index (χ4v) is 1.71. The van der Waals surface area contributed by atoms with Crippen LogP contribution in [-0.4, -0.2) is 10.9 Å². The summed E-state index contributed by atoms with van der Waals surface area (Å²) in [6, 6.07) is 10.7. The number of amides is 1. The fourth-order valence-electron chi connectivity index (χ4n) is 1.46. The van der Waals surface area contributed by atoms with Crippen LogP contribution in [0.15, 0.2) is 47.1 Å². The highest BCUT2D eigenvalue weighted by atomic mass is 79.9. The lowest BCUT2D eigenvalue weighted by Gasteiger charge is -2.06. The number of hydrogen-bond acceptors (Lipinski definition) is 3. The van der Waals surface area contributed by atoms with Gasteiger partial charge in [0.25, 0.3) is 5.91 Å². The third kappa shape index (κ3) is 3.07. The number of carbonyl (C=O) groups is 1. The van der Waals surface area contributed by atoms with Crippen molar-refractivity contribution in [3.8, 4) is 0 Å². The van der Waals surface area contributed by atoms with Crippen LogP contribution in [0.5, 0.6) is 0 Å². The van der Waals surface area contributed by atoms with Gasteiger partial charge >= 0.3 is 0 Å². The lowest BCUT2D eigenvalue weighted by atomic mass is 10.2. The molecule has 0 atom stereocenters. The molecule has 1 heterocycles. The van der Waals surface area contributed by atoms with E-state index >= 15 is 0 Å². The Labute approximate surface area is 113 Å². The van der Waals surface area contributed by atoms with Crippen LogP contribution >= 0.6 is 15.9 Å². The smallest absolute Gasteiger partial charge is 0.251 e. The predicted molar refractivity (Wildman–Crippen MR) is 74.0 cm³/mol. The molecule has 2 aromatic rings. The van der Waals surface area contributed by atoms with Gasteiger partial charge in [0, 0.05) is 21.9 Å². The highest BCUT2D eigenvalue weighted by Crippen LogP contribution is 2.20. The second kappa shape index (κ2) is 5.64. The van der Waals surface area contributed by atoms with Crippen molar-refractivity contribution in [2.75, 3.05) is 5.73 Å². The van der Waals surface area contributed by atoms with Crippen LogP contribution in [0.3, 0.4) is 0 Å². The van der Waals surface area contributed by atoms with Crippen molar-refractivity contribution in [2.24, 2.45) is 0 Å². The van der Waals surface area contributed by atoms with Gasteiger partial charge in [-0.2, -0.15) is 0 Å². The maximum atomic E-state index is 11.9. The van der Waals surface area contributed by atoms with Gasteiger partial charge < -0.3 is 11.1 Å². The number of nitrogens with zero attached hydrogens (tertiary/aromatic N) is 1. The number of rotatable bonds is 3. The molecule has 0 fully saturated rings. The van der Waals surface area contributed by atoms with Gasteiger partial charge in [0.15, 0.2) is 0 Å². The summed E-state index contributed by atoms with van der Waals surface area (Å²) >= 11 is 3.29. The molecule has 0 bridgehead atoms. The second-order valence-corrected chi connectivity index (χ2v) is 4.59. The molecule has 3 N–H and O–H groups in total. The number of nitrogen functional groups attached to an aromatic ring is 1. The molecular weight excluding hydrogens is 294 g/mol. The van der Waals surface area contributed by atoms with Crippen molar-refractivity contribution in [3.63, 3.8) is 0 Å². The molecule has 92 valence electrons. The molecule has 0 aliphatic heterocycles.